The maximum atomic E-state index is 12.5. The second kappa shape index (κ2) is 5.78. The van der Waals surface area contributed by atoms with E-state index >= 15 is 0 Å². The zero-order valence-corrected chi connectivity index (χ0v) is 13.1. The summed E-state index contributed by atoms with van der Waals surface area (Å²) in [7, 11) is -1.90. The second-order valence-electron chi connectivity index (χ2n) is 4.54. The molecule has 1 aromatic rings. The molecule has 2 N–H and O–H groups in total. The number of halogens is 1. The highest BCUT2D eigenvalue weighted by Gasteiger charge is 2.28. The van der Waals surface area contributed by atoms with Crippen molar-refractivity contribution in [2.75, 3.05) is 20.2 Å². The molecule has 0 aromatic heterocycles. The molecule has 5 nitrogen and oxygen atoms in total. The van der Waals surface area contributed by atoms with Crippen LogP contribution in [0.25, 0.3) is 0 Å². The van der Waals surface area contributed by atoms with Gasteiger partial charge in [0.05, 0.1) is 16.5 Å². The Morgan fingerprint density at radius 3 is 2.53 bits per heavy atom. The molecule has 0 atom stereocenters. The number of hydrogen-bond donors (Lipinski definition) is 1. The molecule has 1 heterocycles. The van der Waals surface area contributed by atoms with Gasteiger partial charge in [-0.25, -0.2) is 8.42 Å². The Balaban J connectivity index is 2.27. The largest absolute Gasteiger partial charge is 0.496 e. The van der Waals surface area contributed by atoms with Gasteiger partial charge in [-0.2, -0.15) is 4.31 Å². The molecule has 7 heteroatoms. The topological polar surface area (TPSA) is 72.6 Å². The number of benzene rings is 1. The fourth-order valence-corrected chi connectivity index (χ4v) is 4.26. The van der Waals surface area contributed by atoms with Crippen molar-refractivity contribution < 1.29 is 13.2 Å². The third-order valence-electron chi connectivity index (χ3n) is 3.26. The maximum absolute atomic E-state index is 12.5. The molecule has 1 aliphatic rings. The van der Waals surface area contributed by atoms with E-state index in [9.17, 15) is 8.42 Å². The Morgan fingerprint density at radius 2 is 2.00 bits per heavy atom. The van der Waals surface area contributed by atoms with Gasteiger partial charge < -0.3 is 10.5 Å². The Morgan fingerprint density at radius 1 is 1.37 bits per heavy atom. The minimum Gasteiger partial charge on any atom is -0.496 e. The van der Waals surface area contributed by atoms with Crippen LogP contribution in [0.15, 0.2) is 27.6 Å². The van der Waals surface area contributed by atoms with Crippen molar-refractivity contribution in [2.45, 2.75) is 23.8 Å². The Hall–Kier alpha value is -0.630. The molecular formula is C12H17BrN2O3S. The summed E-state index contributed by atoms with van der Waals surface area (Å²) in [5, 5.41) is 0. The normalized spacial score (nSPS) is 18.5. The van der Waals surface area contributed by atoms with Gasteiger partial charge in [-0.1, -0.05) is 0 Å². The maximum Gasteiger partial charge on any atom is 0.243 e. The van der Waals surface area contributed by atoms with E-state index in [-0.39, 0.29) is 10.9 Å². The van der Waals surface area contributed by atoms with Crippen molar-refractivity contribution in [3.8, 4) is 5.75 Å². The number of nitrogens with two attached hydrogens (primary N) is 1. The zero-order chi connectivity index (χ0) is 14.0. The van der Waals surface area contributed by atoms with Crippen molar-refractivity contribution in [1.29, 1.82) is 0 Å². The molecule has 0 radical (unpaired) electrons. The van der Waals surface area contributed by atoms with Crippen LogP contribution in [0.1, 0.15) is 12.8 Å². The lowest BCUT2D eigenvalue weighted by Gasteiger charge is -2.29. The highest BCUT2D eigenvalue weighted by atomic mass is 79.9. The molecule has 1 fully saturated rings. The van der Waals surface area contributed by atoms with Crippen LogP contribution in [0.3, 0.4) is 0 Å². The summed E-state index contributed by atoms with van der Waals surface area (Å²) in [5.74, 6) is 0.611. The van der Waals surface area contributed by atoms with Gasteiger partial charge in [0.15, 0.2) is 0 Å². The fraction of sp³-hybridized carbons (Fsp3) is 0.500. The monoisotopic (exact) mass is 348 g/mol. The number of sulfonamides is 1. The number of nitrogens with zero attached hydrogens (tertiary/aromatic N) is 1. The standard InChI is InChI=1S/C12H17BrN2O3S/c1-18-12-3-2-10(8-11(12)13)19(16,17)15-6-4-9(14)5-7-15/h2-3,8-9H,4-7,14H2,1H3. The summed E-state index contributed by atoms with van der Waals surface area (Å²) >= 11 is 3.31. The first kappa shape index (κ1) is 14.8. The van der Waals surface area contributed by atoms with Crippen LogP contribution >= 0.6 is 15.9 Å². The average Bonchev–Trinajstić information content (AvgIpc) is 2.39. The molecule has 0 aliphatic carbocycles. The number of rotatable bonds is 3. The van der Waals surface area contributed by atoms with Gasteiger partial charge in [0.25, 0.3) is 0 Å². The lowest BCUT2D eigenvalue weighted by Crippen LogP contribution is -2.42. The molecule has 1 saturated heterocycles. The average molecular weight is 349 g/mol. The van der Waals surface area contributed by atoms with Crippen molar-refractivity contribution in [3.63, 3.8) is 0 Å². The lowest BCUT2D eigenvalue weighted by molar-refractivity contribution is 0.320. The first-order valence-corrected chi connectivity index (χ1v) is 8.27. The highest BCUT2D eigenvalue weighted by molar-refractivity contribution is 9.10. The van der Waals surface area contributed by atoms with Crippen LogP contribution in [0.4, 0.5) is 0 Å². The lowest BCUT2D eigenvalue weighted by atomic mass is 10.1. The van der Waals surface area contributed by atoms with E-state index in [0.717, 1.165) is 0 Å². The number of ether oxygens (including phenoxy) is 1. The van der Waals surface area contributed by atoms with Crippen molar-refractivity contribution in [2.24, 2.45) is 5.73 Å². The minimum absolute atomic E-state index is 0.106. The zero-order valence-electron chi connectivity index (χ0n) is 10.7. The molecule has 0 spiro atoms. The van der Waals surface area contributed by atoms with Gasteiger partial charge in [0.2, 0.25) is 10.0 Å². The molecule has 0 bridgehead atoms. The van der Waals surface area contributed by atoms with E-state index in [4.69, 9.17) is 10.5 Å². The van der Waals surface area contributed by atoms with Gasteiger partial charge in [-0.3, -0.25) is 0 Å². The quantitative estimate of drug-likeness (QED) is 0.899. The van der Waals surface area contributed by atoms with E-state index < -0.39 is 10.0 Å². The smallest absolute Gasteiger partial charge is 0.243 e. The summed E-state index contributed by atoms with van der Waals surface area (Å²) in [4.78, 5) is 0.274. The van der Waals surface area contributed by atoms with Crippen LogP contribution in [-0.2, 0) is 10.0 Å². The molecule has 2 rings (SSSR count). The number of hydrogen-bond acceptors (Lipinski definition) is 4. The number of piperidine rings is 1. The van der Waals surface area contributed by atoms with Gasteiger partial charge in [-0.05, 0) is 47.0 Å². The van der Waals surface area contributed by atoms with E-state index in [1.165, 1.54) is 4.31 Å². The second-order valence-corrected chi connectivity index (χ2v) is 7.33. The molecular weight excluding hydrogens is 332 g/mol. The van der Waals surface area contributed by atoms with Crippen LogP contribution in [-0.4, -0.2) is 39.0 Å². The minimum atomic E-state index is -3.44. The predicted octanol–water partition coefficient (Wildman–Crippen LogP) is 1.57. The van der Waals surface area contributed by atoms with Crippen molar-refractivity contribution in [3.05, 3.63) is 22.7 Å². The Labute approximate surface area is 121 Å². The van der Waals surface area contributed by atoms with Crippen LogP contribution in [0.2, 0.25) is 0 Å². The molecule has 19 heavy (non-hydrogen) atoms. The van der Waals surface area contributed by atoms with Gasteiger partial charge in [-0.15, -0.1) is 0 Å². The third-order valence-corrected chi connectivity index (χ3v) is 5.77. The van der Waals surface area contributed by atoms with Crippen molar-refractivity contribution in [1.82, 2.24) is 4.31 Å². The molecule has 1 aliphatic heterocycles. The van der Waals surface area contributed by atoms with E-state index in [0.29, 0.717) is 36.2 Å². The predicted molar refractivity (Wildman–Crippen MR) is 76.7 cm³/mol. The van der Waals surface area contributed by atoms with Crippen LogP contribution < -0.4 is 10.5 Å². The van der Waals surface area contributed by atoms with Gasteiger partial charge in [0, 0.05) is 19.1 Å². The Bertz CT molecular complexity index is 554. The molecule has 0 unspecified atom stereocenters. The third kappa shape index (κ3) is 3.10. The summed E-state index contributed by atoms with van der Waals surface area (Å²) in [5.41, 5.74) is 5.80. The van der Waals surface area contributed by atoms with Crippen molar-refractivity contribution >= 4 is 26.0 Å². The molecule has 1 aromatic carbocycles. The SMILES string of the molecule is COc1ccc(S(=O)(=O)N2CCC(N)CC2)cc1Br. The van der Waals surface area contributed by atoms with Crippen LogP contribution in [0.5, 0.6) is 5.75 Å². The van der Waals surface area contributed by atoms with Gasteiger partial charge >= 0.3 is 0 Å². The molecule has 0 amide bonds. The molecule has 0 saturated carbocycles. The van der Waals surface area contributed by atoms with Gasteiger partial charge in [0.1, 0.15) is 5.75 Å². The first-order chi connectivity index (χ1) is 8.95. The van der Waals surface area contributed by atoms with E-state index in [2.05, 4.69) is 15.9 Å². The fourth-order valence-electron chi connectivity index (χ4n) is 2.07. The summed E-state index contributed by atoms with van der Waals surface area (Å²) < 4.78 is 32.2. The van der Waals surface area contributed by atoms with E-state index in [1.54, 1.807) is 25.3 Å². The van der Waals surface area contributed by atoms with Crippen LogP contribution in [0, 0.1) is 0 Å². The van der Waals surface area contributed by atoms with E-state index in [1.807, 2.05) is 0 Å². The summed E-state index contributed by atoms with van der Waals surface area (Å²) in [6, 6.07) is 4.89. The highest BCUT2D eigenvalue weighted by Crippen LogP contribution is 2.29. The summed E-state index contributed by atoms with van der Waals surface area (Å²) in [6.45, 7) is 0.959. The molecule has 106 valence electrons. The Kier molecular flexibility index (Phi) is 4.50. The summed E-state index contributed by atoms with van der Waals surface area (Å²) in [6.07, 6.45) is 1.41. The first-order valence-electron chi connectivity index (χ1n) is 6.04. The number of methoxy groups -OCH3 is 1.